The van der Waals surface area contributed by atoms with Gasteiger partial charge in [0.05, 0.1) is 6.20 Å². The number of carboxylic acids is 1. The Bertz CT molecular complexity index is 514. The Hall–Kier alpha value is -2.05. The van der Waals surface area contributed by atoms with Gasteiger partial charge < -0.3 is 15.3 Å². The van der Waals surface area contributed by atoms with Gasteiger partial charge in [0.15, 0.2) is 0 Å². The van der Waals surface area contributed by atoms with Crippen LogP contribution < -0.4 is 5.32 Å². The summed E-state index contributed by atoms with van der Waals surface area (Å²) in [7, 11) is 0. The number of nitrogens with zero attached hydrogens (tertiary/aromatic N) is 2. The summed E-state index contributed by atoms with van der Waals surface area (Å²) in [5.41, 5.74) is 1.80. The number of aromatic nitrogens is 2. The van der Waals surface area contributed by atoms with Gasteiger partial charge in [0.2, 0.25) is 0 Å². The molecule has 3 N–H and O–H groups in total. The number of amides is 2. The van der Waals surface area contributed by atoms with Crippen LogP contribution in [-0.4, -0.2) is 44.8 Å². The maximum Gasteiger partial charge on any atom is 0.326 e. The van der Waals surface area contributed by atoms with Gasteiger partial charge in [-0.3, -0.25) is 5.10 Å². The van der Waals surface area contributed by atoms with Crippen LogP contribution in [0.25, 0.3) is 0 Å². The number of hydrogen-bond donors (Lipinski definition) is 3. The lowest BCUT2D eigenvalue weighted by Gasteiger charge is -2.36. The first-order valence-corrected chi connectivity index (χ1v) is 7.29. The largest absolute Gasteiger partial charge is 0.480 e. The monoisotopic (exact) mass is 294 g/mol. The van der Waals surface area contributed by atoms with Gasteiger partial charge in [-0.25, -0.2) is 9.59 Å². The van der Waals surface area contributed by atoms with Crippen LogP contribution in [-0.2, 0) is 11.3 Å². The van der Waals surface area contributed by atoms with Crippen molar-refractivity contribution in [3.63, 3.8) is 0 Å². The van der Waals surface area contributed by atoms with E-state index >= 15 is 0 Å². The highest BCUT2D eigenvalue weighted by molar-refractivity contribution is 5.82. The standard InChI is InChI=1S/C14H22N4O3/c1-3-10-4-5-18(12(6-10)13(19)20)14(21)15-7-11-8-16-17-9(11)2/h8,10,12H,3-7H2,1-2H3,(H,15,21)(H,16,17)(H,19,20). The number of nitrogens with one attached hydrogen (secondary N) is 2. The summed E-state index contributed by atoms with van der Waals surface area (Å²) in [4.78, 5) is 25.1. The summed E-state index contributed by atoms with van der Waals surface area (Å²) in [5, 5.41) is 18.8. The first kappa shape index (κ1) is 15.3. The summed E-state index contributed by atoms with van der Waals surface area (Å²) < 4.78 is 0. The van der Waals surface area contributed by atoms with Crippen molar-refractivity contribution in [2.75, 3.05) is 6.54 Å². The van der Waals surface area contributed by atoms with E-state index in [0.29, 0.717) is 25.4 Å². The molecule has 2 amide bonds. The van der Waals surface area contributed by atoms with E-state index < -0.39 is 12.0 Å². The van der Waals surface area contributed by atoms with Gasteiger partial charge in [0.1, 0.15) is 6.04 Å². The molecule has 1 aromatic heterocycles. The Kier molecular flexibility index (Phi) is 4.82. The maximum absolute atomic E-state index is 12.2. The average molecular weight is 294 g/mol. The number of carbonyl (C=O) groups is 2. The van der Waals surface area contributed by atoms with Crippen molar-refractivity contribution < 1.29 is 14.7 Å². The van der Waals surface area contributed by atoms with E-state index in [9.17, 15) is 14.7 Å². The molecule has 2 unspecified atom stereocenters. The molecular formula is C14H22N4O3. The topological polar surface area (TPSA) is 98.3 Å². The predicted molar refractivity (Wildman–Crippen MR) is 76.7 cm³/mol. The van der Waals surface area contributed by atoms with E-state index in [1.165, 1.54) is 4.90 Å². The lowest BCUT2D eigenvalue weighted by atomic mass is 9.89. The second-order valence-electron chi connectivity index (χ2n) is 5.53. The number of aliphatic carboxylic acids is 1. The normalized spacial score (nSPS) is 22.1. The summed E-state index contributed by atoms with van der Waals surface area (Å²) in [6.45, 7) is 4.77. The maximum atomic E-state index is 12.2. The zero-order valence-corrected chi connectivity index (χ0v) is 12.4. The predicted octanol–water partition coefficient (Wildman–Crippen LogP) is 1.50. The minimum Gasteiger partial charge on any atom is -0.480 e. The molecule has 7 nitrogen and oxygen atoms in total. The molecule has 1 aliphatic rings. The summed E-state index contributed by atoms with van der Waals surface area (Å²) in [5.74, 6) is -0.547. The molecule has 1 fully saturated rings. The number of aromatic amines is 1. The lowest BCUT2D eigenvalue weighted by molar-refractivity contribution is -0.144. The number of hydrogen-bond acceptors (Lipinski definition) is 3. The first-order valence-electron chi connectivity index (χ1n) is 7.29. The minimum absolute atomic E-state index is 0.322. The van der Waals surface area contributed by atoms with Gasteiger partial charge in [-0.2, -0.15) is 5.10 Å². The number of carbonyl (C=O) groups excluding carboxylic acids is 1. The Morgan fingerprint density at radius 3 is 2.90 bits per heavy atom. The molecule has 2 atom stereocenters. The number of urea groups is 1. The molecule has 116 valence electrons. The fraction of sp³-hybridized carbons (Fsp3) is 0.643. The molecular weight excluding hydrogens is 272 g/mol. The second kappa shape index (κ2) is 6.60. The highest BCUT2D eigenvalue weighted by atomic mass is 16.4. The number of likely N-dealkylation sites (tertiary alicyclic amines) is 1. The van der Waals surface area contributed by atoms with Crippen LogP contribution in [0.15, 0.2) is 6.20 Å². The first-order chi connectivity index (χ1) is 10.0. The number of rotatable bonds is 4. The van der Waals surface area contributed by atoms with Crippen molar-refractivity contribution >= 4 is 12.0 Å². The van der Waals surface area contributed by atoms with Crippen molar-refractivity contribution in [2.45, 2.75) is 45.7 Å². The fourth-order valence-electron chi connectivity index (χ4n) is 2.71. The van der Waals surface area contributed by atoms with Crippen LogP contribution in [0.2, 0.25) is 0 Å². The molecule has 2 rings (SSSR count). The van der Waals surface area contributed by atoms with Gasteiger partial charge in [-0.15, -0.1) is 0 Å². The summed E-state index contributed by atoms with van der Waals surface area (Å²) in [6, 6.07) is -1.05. The van der Waals surface area contributed by atoms with Gasteiger partial charge in [0, 0.05) is 24.3 Å². The minimum atomic E-state index is -0.928. The van der Waals surface area contributed by atoms with Crippen molar-refractivity contribution in [3.05, 3.63) is 17.5 Å². The fourth-order valence-corrected chi connectivity index (χ4v) is 2.71. The summed E-state index contributed by atoms with van der Waals surface area (Å²) >= 11 is 0. The third kappa shape index (κ3) is 3.53. The number of piperidine rings is 1. The Labute approximate surface area is 123 Å². The van der Waals surface area contributed by atoms with E-state index in [0.717, 1.165) is 24.1 Å². The number of H-pyrrole nitrogens is 1. The van der Waals surface area contributed by atoms with Crippen LogP contribution in [0.5, 0.6) is 0 Å². The van der Waals surface area contributed by atoms with Crippen molar-refractivity contribution in [1.29, 1.82) is 0 Å². The van der Waals surface area contributed by atoms with Crippen molar-refractivity contribution in [3.8, 4) is 0 Å². The van der Waals surface area contributed by atoms with E-state index in [2.05, 4.69) is 22.4 Å². The van der Waals surface area contributed by atoms with E-state index in [1.807, 2.05) is 6.92 Å². The zero-order chi connectivity index (χ0) is 15.4. The summed E-state index contributed by atoms with van der Waals surface area (Å²) in [6.07, 6.45) is 4.00. The quantitative estimate of drug-likeness (QED) is 0.783. The van der Waals surface area contributed by atoms with Gasteiger partial charge in [-0.05, 0) is 25.7 Å². The highest BCUT2D eigenvalue weighted by Crippen LogP contribution is 2.25. The molecule has 0 aromatic carbocycles. The smallest absolute Gasteiger partial charge is 0.326 e. The molecule has 0 bridgehead atoms. The van der Waals surface area contributed by atoms with Gasteiger partial charge in [-0.1, -0.05) is 13.3 Å². The Balaban J connectivity index is 1.97. The SMILES string of the molecule is CCC1CCN(C(=O)NCc2cn[nH]c2C)C(C(=O)O)C1. The third-order valence-electron chi connectivity index (χ3n) is 4.20. The van der Waals surface area contributed by atoms with Crippen LogP contribution >= 0.6 is 0 Å². The average Bonchev–Trinajstić information content (AvgIpc) is 2.89. The Morgan fingerprint density at radius 1 is 1.57 bits per heavy atom. The van der Waals surface area contributed by atoms with E-state index in [-0.39, 0.29) is 6.03 Å². The third-order valence-corrected chi connectivity index (χ3v) is 4.20. The highest BCUT2D eigenvalue weighted by Gasteiger charge is 2.35. The molecule has 0 saturated carbocycles. The van der Waals surface area contributed by atoms with Crippen molar-refractivity contribution in [2.24, 2.45) is 5.92 Å². The van der Waals surface area contributed by atoms with Gasteiger partial charge >= 0.3 is 12.0 Å². The van der Waals surface area contributed by atoms with Crippen molar-refractivity contribution in [1.82, 2.24) is 20.4 Å². The molecule has 0 aliphatic carbocycles. The van der Waals surface area contributed by atoms with E-state index in [4.69, 9.17) is 0 Å². The van der Waals surface area contributed by atoms with Crippen LogP contribution in [0, 0.1) is 12.8 Å². The lowest BCUT2D eigenvalue weighted by Crippen LogP contribution is -2.53. The molecule has 7 heteroatoms. The molecule has 0 radical (unpaired) electrons. The van der Waals surface area contributed by atoms with Gasteiger partial charge in [0.25, 0.3) is 0 Å². The van der Waals surface area contributed by atoms with E-state index in [1.54, 1.807) is 6.20 Å². The molecule has 1 aromatic rings. The molecule has 0 spiro atoms. The number of aryl methyl sites for hydroxylation is 1. The van der Waals surface area contributed by atoms with Crippen LogP contribution in [0.4, 0.5) is 4.79 Å². The molecule has 2 heterocycles. The second-order valence-corrected chi connectivity index (χ2v) is 5.53. The zero-order valence-electron chi connectivity index (χ0n) is 12.4. The molecule has 1 aliphatic heterocycles. The molecule has 21 heavy (non-hydrogen) atoms. The van der Waals surface area contributed by atoms with Crippen LogP contribution in [0.3, 0.4) is 0 Å². The number of carboxylic acid groups (broad SMARTS) is 1. The van der Waals surface area contributed by atoms with Crippen LogP contribution in [0.1, 0.15) is 37.4 Å². The molecule has 1 saturated heterocycles. The Morgan fingerprint density at radius 2 is 2.33 bits per heavy atom.